The molecule has 0 aliphatic carbocycles. The summed E-state index contributed by atoms with van der Waals surface area (Å²) in [6.07, 6.45) is -0.885. The van der Waals surface area contributed by atoms with Crippen molar-refractivity contribution < 1.29 is 27.2 Å². The van der Waals surface area contributed by atoms with E-state index in [1.807, 2.05) is 6.92 Å². The molecule has 5 nitrogen and oxygen atoms in total. The van der Waals surface area contributed by atoms with Gasteiger partial charge in [0, 0.05) is 26.1 Å². The monoisotopic (exact) mass is 382 g/mol. The second-order valence-electron chi connectivity index (χ2n) is 6.03. The molecule has 0 spiro atoms. The summed E-state index contributed by atoms with van der Waals surface area (Å²) in [5.74, 6) is -0.565. The topological polar surface area (TPSA) is 62.6 Å². The highest BCUT2D eigenvalue weighted by Crippen LogP contribution is 2.29. The van der Waals surface area contributed by atoms with Crippen LogP contribution in [0.25, 0.3) is 0 Å². The molecule has 0 unspecified atom stereocenters. The molecule has 2 aromatic rings. The van der Waals surface area contributed by atoms with Crippen molar-refractivity contribution in [3.8, 4) is 0 Å². The molecule has 2 amide bonds. The number of carbonyl (C=O) groups excluding carboxylic acids is 2. The normalized spacial score (nSPS) is 11.3. The fourth-order valence-corrected chi connectivity index (χ4v) is 2.54. The molecule has 1 heterocycles. The highest BCUT2D eigenvalue weighted by atomic mass is 19.4. The second kappa shape index (κ2) is 9.25. The minimum atomic E-state index is -4.42. The second-order valence-corrected chi connectivity index (χ2v) is 6.03. The Morgan fingerprint density at radius 1 is 1.19 bits per heavy atom. The summed E-state index contributed by atoms with van der Waals surface area (Å²) in [4.78, 5) is 25.9. The maximum absolute atomic E-state index is 12.7. The lowest BCUT2D eigenvalue weighted by Gasteiger charge is -2.21. The fraction of sp³-hybridized carbons (Fsp3) is 0.368. The number of alkyl halides is 3. The van der Waals surface area contributed by atoms with Crippen molar-refractivity contribution in [3.05, 3.63) is 59.5 Å². The molecule has 0 aliphatic heterocycles. The van der Waals surface area contributed by atoms with E-state index in [1.54, 1.807) is 11.0 Å². The van der Waals surface area contributed by atoms with E-state index in [-0.39, 0.29) is 31.3 Å². The van der Waals surface area contributed by atoms with Crippen LogP contribution in [0.4, 0.5) is 13.2 Å². The summed E-state index contributed by atoms with van der Waals surface area (Å²) in [7, 11) is 0. The van der Waals surface area contributed by atoms with Crippen LogP contribution >= 0.6 is 0 Å². The molecule has 1 aromatic carbocycles. The van der Waals surface area contributed by atoms with Gasteiger partial charge < -0.3 is 14.6 Å². The number of carbonyl (C=O) groups is 2. The third-order valence-electron chi connectivity index (χ3n) is 3.90. The Balaban J connectivity index is 1.86. The van der Waals surface area contributed by atoms with Crippen molar-refractivity contribution in [2.45, 2.75) is 32.5 Å². The van der Waals surface area contributed by atoms with Crippen molar-refractivity contribution >= 4 is 11.8 Å². The van der Waals surface area contributed by atoms with Crippen molar-refractivity contribution in [1.29, 1.82) is 0 Å². The zero-order chi connectivity index (χ0) is 19.9. The van der Waals surface area contributed by atoms with Gasteiger partial charge in [0.2, 0.25) is 5.91 Å². The lowest BCUT2D eigenvalue weighted by molar-refractivity contribution is -0.137. The molecule has 27 heavy (non-hydrogen) atoms. The van der Waals surface area contributed by atoms with Gasteiger partial charge in [-0.2, -0.15) is 13.2 Å². The van der Waals surface area contributed by atoms with Crippen LogP contribution in [0.2, 0.25) is 0 Å². The minimum absolute atomic E-state index is 0.00773. The van der Waals surface area contributed by atoms with Crippen molar-refractivity contribution in [2.75, 3.05) is 13.1 Å². The first-order valence-corrected chi connectivity index (χ1v) is 8.55. The zero-order valence-corrected chi connectivity index (χ0v) is 14.9. The standard InChI is InChI=1S/C19H21F3N2O3/c1-2-8-24(18(26)15-7-10-27-13-15)9-6-17(25)23-12-14-4-3-5-16(11-14)19(20,21)22/h3-5,7,10-11,13H,2,6,8-9,12H2,1H3,(H,23,25). The number of nitrogens with zero attached hydrogens (tertiary/aromatic N) is 1. The van der Waals surface area contributed by atoms with Crippen molar-refractivity contribution in [2.24, 2.45) is 0 Å². The number of furan rings is 1. The van der Waals surface area contributed by atoms with E-state index >= 15 is 0 Å². The maximum Gasteiger partial charge on any atom is 0.416 e. The third kappa shape index (κ3) is 6.16. The molecule has 0 saturated carbocycles. The molecule has 0 bridgehead atoms. The highest BCUT2D eigenvalue weighted by Gasteiger charge is 2.30. The molecule has 2 rings (SSSR count). The summed E-state index contributed by atoms with van der Waals surface area (Å²) < 4.78 is 43.0. The molecule has 0 saturated heterocycles. The Labute approximate surface area is 155 Å². The lowest BCUT2D eigenvalue weighted by Crippen LogP contribution is -2.35. The van der Waals surface area contributed by atoms with Crippen LogP contribution < -0.4 is 5.32 Å². The molecule has 146 valence electrons. The zero-order valence-electron chi connectivity index (χ0n) is 14.9. The molecule has 0 radical (unpaired) electrons. The summed E-state index contributed by atoms with van der Waals surface area (Å²) >= 11 is 0. The number of rotatable bonds is 8. The van der Waals surface area contributed by atoms with Gasteiger partial charge in [-0.15, -0.1) is 0 Å². The summed E-state index contributed by atoms with van der Waals surface area (Å²) in [6.45, 7) is 2.62. The van der Waals surface area contributed by atoms with E-state index in [0.717, 1.165) is 18.6 Å². The van der Waals surface area contributed by atoms with Gasteiger partial charge in [0.05, 0.1) is 17.4 Å². The summed E-state index contributed by atoms with van der Waals surface area (Å²) in [6, 6.07) is 6.36. The number of benzene rings is 1. The molecule has 0 aliphatic rings. The average Bonchev–Trinajstić information content (AvgIpc) is 3.17. The molecule has 0 atom stereocenters. The Hall–Kier alpha value is -2.77. The molecule has 8 heteroatoms. The van der Waals surface area contributed by atoms with Gasteiger partial charge in [0.15, 0.2) is 0 Å². The van der Waals surface area contributed by atoms with Gasteiger partial charge >= 0.3 is 6.18 Å². The van der Waals surface area contributed by atoms with Gasteiger partial charge in [-0.05, 0) is 30.2 Å². The SMILES string of the molecule is CCCN(CCC(=O)NCc1cccc(C(F)(F)F)c1)C(=O)c1ccoc1. The van der Waals surface area contributed by atoms with E-state index in [4.69, 9.17) is 4.42 Å². The number of hydrogen-bond donors (Lipinski definition) is 1. The van der Waals surface area contributed by atoms with Crippen LogP contribution in [-0.2, 0) is 17.5 Å². The predicted octanol–water partition coefficient (Wildman–Crippen LogP) is 3.86. The van der Waals surface area contributed by atoms with Crippen LogP contribution in [0, 0.1) is 0 Å². The predicted molar refractivity (Wildman–Crippen MR) is 92.8 cm³/mol. The van der Waals surface area contributed by atoms with E-state index in [1.165, 1.54) is 24.7 Å². The van der Waals surface area contributed by atoms with Crippen LogP contribution in [0.3, 0.4) is 0 Å². The molecule has 1 N–H and O–H groups in total. The number of nitrogens with one attached hydrogen (secondary N) is 1. The molecule has 0 fully saturated rings. The van der Waals surface area contributed by atoms with Gasteiger partial charge in [-0.3, -0.25) is 9.59 Å². The van der Waals surface area contributed by atoms with Gasteiger partial charge in [0.25, 0.3) is 5.91 Å². The van der Waals surface area contributed by atoms with Crippen molar-refractivity contribution in [3.63, 3.8) is 0 Å². The first-order valence-electron chi connectivity index (χ1n) is 8.55. The number of halogens is 3. The van der Waals surface area contributed by atoms with Crippen LogP contribution in [-0.4, -0.2) is 29.8 Å². The number of hydrogen-bond acceptors (Lipinski definition) is 3. The summed E-state index contributed by atoms with van der Waals surface area (Å²) in [5, 5.41) is 2.59. The lowest BCUT2D eigenvalue weighted by atomic mass is 10.1. The molecular weight excluding hydrogens is 361 g/mol. The van der Waals surface area contributed by atoms with Crippen LogP contribution in [0.5, 0.6) is 0 Å². The molecular formula is C19H21F3N2O3. The minimum Gasteiger partial charge on any atom is -0.472 e. The quantitative estimate of drug-likeness (QED) is 0.754. The summed E-state index contributed by atoms with van der Waals surface area (Å²) in [5.41, 5.74) is 0.0139. The van der Waals surface area contributed by atoms with E-state index < -0.39 is 11.7 Å². The smallest absolute Gasteiger partial charge is 0.416 e. The highest BCUT2D eigenvalue weighted by molar-refractivity contribution is 5.94. The largest absolute Gasteiger partial charge is 0.472 e. The van der Waals surface area contributed by atoms with E-state index in [9.17, 15) is 22.8 Å². The van der Waals surface area contributed by atoms with Gasteiger partial charge in [-0.25, -0.2) is 0 Å². The Kier molecular flexibility index (Phi) is 7.04. The Morgan fingerprint density at radius 2 is 1.96 bits per heavy atom. The maximum atomic E-state index is 12.7. The third-order valence-corrected chi connectivity index (χ3v) is 3.90. The number of amides is 2. The van der Waals surface area contributed by atoms with E-state index in [2.05, 4.69) is 5.32 Å². The van der Waals surface area contributed by atoms with Crippen molar-refractivity contribution in [1.82, 2.24) is 10.2 Å². The Bertz CT molecular complexity index is 758. The van der Waals surface area contributed by atoms with E-state index in [0.29, 0.717) is 17.7 Å². The van der Waals surface area contributed by atoms with Gasteiger partial charge in [-0.1, -0.05) is 19.1 Å². The molecule has 1 aromatic heterocycles. The first kappa shape index (κ1) is 20.5. The van der Waals surface area contributed by atoms with Crippen LogP contribution in [0.1, 0.15) is 41.3 Å². The average molecular weight is 382 g/mol. The first-order chi connectivity index (χ1) is 12.8. The Morgan fingerprint density at radius 3 is 2.59 bits per heavy atom. The van der Waals surface area contributed by atoms with Crippen LogP contribution in [0.15, 0.2) is 47.3 Å². The van der Waals surface area contributed by atoms with Gasteiger partial charge in [0.1, 0.15) is 6.26 Å². The fourth-order valence-electron chi connectivity index (χ4n) is 2.54.